The Morgan fingerprint density at radius 3 is 1.85 bits per heavy atom. The van der Waals surface area contributed by atoms with Crippen LogP contribution in [0.3, 0.4) is 0 Å². The van der Waals surface area contributed by atoms with Crippen molar-refractivity contribution < 1.29 is 19.7 Å². The van der Waals surface area contributed by atoms with Crippen LogP contribution in [-0.2, 0) is 15.1 Å². The Kier molecular flexibility index (Phi) is 11.8. The number of carbonyl (C=O) groups is 2. The van der Waals surface area contributed by atoms with Crippen LogP contribution in [0, 0.1) is 0 Å². The molecule has 0 amide bonds. The van der Waals surface area contributed by atoms with Gasteiger partial charge in [-0.15, -0.1) is 0 Å². The summed E-state index contributed by atoms with van der Waals surface area (Å²) in [6.45, 7) is 11.6. The Bertz CT molecular complexity index is 374. The van der Waals surface area contributed by atoms with Gasteiger partial charge in [-0.05, 0) is 17.9 Å². The van der Waals surface area contributed by atoms with Gasteiger partial charge >= 0.3 is 0 Å². The Morgan fingerprint density at radius 2 is 1.65 bits per heavy atom. The molecule has 0 unspecified atom stereocenters. The molecule has 0 heterocycles. The van der Waals surface area contributed by atoms with Crippen LogP contribution in [0.4, 0.5) is 0 Å². The average molecular weight is 282 g/mol. The van der Waals surface area contributed by atoms with E-state index in [1.807, 2.05) is 38.1 Å². The lowest BCUT2D eigenvalue weighted by Gasteiger charge is -2.18. The molecule has 1 N–H and O–H groups in total. The van der Waals surface area contributed by atoms with Crippen LogP contribution in [0.2, 0.25) is 0 Å². The summed E-state index contributed by atoms with van der Waals surface area (Å²) in [6, 6.07) is 7.72. The zero-order valence-corrected chi connectivity index (χ0v) is 13.3. The fourth-order valence-electron chi connectivity index (χ4n) is 1.15. The third-order valence-electron chi connectivity index (χ3n) is 2.18. The topological polar surface area (TPSA) is 63.6 Å². The van der Waals surface area contributed by atoms with Gasteiger partial charge in [0.05, 0.1) is 0 Å². The Hall–Kier alpha value is -1.52. The second-order valence-electron chi connectivity index (χ2n) is 4.97. The monoisotopic (exact) mass is 282 g/mol. The van der Waals surface area contributed by atoms with E-state index in [1.54, 1.807) is 0 Å². The summed E-state index contributed by atoms with van der Waals surface area (Å²) in [6.07, 6.45) is 0.867. The Balaban J connectivity index is 0. The zero-order chi connectivity index (χ0) is 16.2. The van der Waals surface area contributed by atoms with Crippen molar-refractivity contribution in [2.45, 2.75) is 47.0 Å². The minimum atomic E-state index is -0.208. The van der Waals surface area contributed by atoms with Crippen LogP contribution in [0.1, 0.15) is 57.5 Å². The molecule has 1 rings (SSSR count). The van der Waals surface area contributed by atoms with E-state index in [9.17, 15) is 9.59 Å². The first kappa shape index (κ1) is 20.8. The molecule has 114 valence electrons. The molecule has 20 heavy (non-hydrogen) atoms. The van der Waals surface area contributed by atoms with E-state index in [1.165, 1.54) is 12.5 Å². The highest BCUT2D eigenvalue weighted by atomic mass is 17.1. The Morgan fingerprint density at radius 1 is 1.20 bits per heavy atom. The number of hydrogen-bond acceptors (Lipinski definition) is 4. The van der Waals surface area contributed by atoms with Crippen LogP contribution in [0.15, 0.2) is 24.3 Å². The SMILES string of the molecule is CC.CC(=O)COO.CC(C)(C)c1ccc(C=O)cc1. The maximum Gasteiger partial charge on any atom is 0.158 e. The number of aldehydes is 1. The second-order valence-corrected chi connectivity index (χ2v) is 4.97. The molecule has 0 aliphatic carbocycles. The van der Waals surface area contributed by atoms with Crippen molar-refractivity contribution in [3.63, 3.8) is 0 Å². The number of Topliss-reactive ketones (excluding diaryl/α,β-unsaturated/α-hetero) is 1. The fraction of sp³-hybridized carbons (Fsp3) is 0.500. The summed E-state index contributed by atoms with van der Waals surface area (Å²) in [5.41, 5.74) is 2.16. The maximum atomic E-state index is 10.4. The number of carbonyl (C=O) groups excluding carboxylic acids is 2. The number of ketones is 1. The highest BCUT2D eigenvalue weighted by molar-refractivity contribution is 5.76. The van der Waals surface area contributed by atoms with Crippen molar-refractivity contribution in [2.24, 2.45) is 0 Å². The average Bonchev–Trinajstić information content (AvgIpc) is 2.41. The predicted molar refractivity (Wildman–Crippen MR) is 81.1 cm³/mol. The molecule has 1 aromatic rings. The Labute approximate surface area is 121 Å². The summed E-state index contributed by atoms with van der Waals surface area (Å²) >= 11 is 0. The van der Waals surface area contributed by atoms with E-state index >= 15 is 0 Å². The zero-order valence-electron chi connectivity index (χ0n) is 13.3. The van der Waals surface area contributed by atoms with Crippen LogP contribution in [0.25, 0.3) is 0 Å². The fourth-order valence-corrected chi connectivity index (χ4v) is 1.15. The molecule has 0 atom stereocenters. The molecule has 0 saturated heterocycles. The van der Waals surface area contributed by atoms with E-state index in [0.29, 0.717) is 0 Å². The van der Waals surface area contributed by atoms with E-state index in [4.69, 9.17) is 5.26 Å². The molecule has 0 saturated carbocycles. The van der Waals surface area contributed by atoms with Crippen LogP contribution in [0.5, 0.6) is 0 Å². The lowest BCUT2D eigenvalue weighted by molar-refractivity contribution is -0.237. The lowest BCUT2D eigenvalue weighted by atomic mass is 9.87. The van der Waals surface area contributed by atoms with Gasteiger partial charge in [-0.3, -0.25) is 14.8 Å². The third-order valence-corrected chi connectivity index (χ3v) is 2.18. The van der Waals surface area contributed by atoms with Crippen LogP contribution < -0.4 is 0 Å². The summed E-state index contributed by atoms with van der Waals surface area (Å²) < 4.78 is 0. The summed E-state index contributed by atoms with van der Waals surface area (Å²) in [7, 11) is 0. The molecule has 0 aromatic heterocycles. The van der Waals surface area contributed by atoms with Crippen molar-refractivity contribution >= 4 is 12.1 Å². The third kappa shape index (κ3) is 10.4. The van der Waals surface area contributed by atoms with Crippen molar-refractivity contribution in [2.75, 3.05) is 6.61 Å². The molecule has 0 spiro atoms. The molecule has 4 heteroatoms. The second kappa shape index (κ2) is 11.3. The molecular weight excluding hydrogens is 256 g/mol. The van der Waals surface area contributed by atoms with Gasteiger partial charge in [-0.2, -0.15) is 0 Å². The maximum absolute atomic E-state index is 10.4. The van der Waals surface area contributed by atoms with Crippen LogP contribution >= 0.6 is 0 Å². The molecule has 0 bridgehead atoms. The first-order valence-corrected chi connectivity index (χ1v) is 6.62. The van der Waals surface area contributed by atoms with Gasteiger partial charge in [0.25, 0.3) is 0 Å². The van der Waals surface area contributed by atoms with E-state index in [2.05, 4.69) is 25.7 Å². The first-order chi connectivity index (χ1) is 9.31. The standard InChI is InChI=1S/C11H14O.C3H6O3.C2H6/c1-11(2,3)10-6-4-9(8-12)5-7-10;1-3(4)2-6-5;1-2/h4-8H,1-3H3;5H,2H2,1H3;1-2H3. The largest absolute Gasteiger partial charge is 0.298 e. The van der Waals surface area contributed by atoms with Gasteiger partial charge in [0.15, 0.2) is 5.78 Å². The van der Waals surface area contributed by atoms with E-state index in [0.717, 1.165) is 11.8 Å². The molecule has 0 aliphatic heterocycles. The van der Waals surface area contributed by atoms with Crippen molar-refractivity contribution in [3.8, 4) is 0 Å². The van der Waals surface area contributed by atoms with Gasteiger partial charge in [0.1, 0.15) is 12.9 Å². The number of hydrogen-bond donors (Lipinski definition) is 1. The van der Waals surface area contributed by atoms with Gasteiger partial charge < -0.3 is 0 Å². The molecule has 1 aromatic carbocycles. The van der Waals surface area contributed by atoms with Gasteiger partial charge in [-0.25, -0.2) is 4.89 Å². The highest BCUT2D eigenvalue weighted by Crippen LogP contribution is 2.21. The lowest BCUT2D eigenvalue weighted by Crippen LogP contribution is -2.10. The summed E-state index contributed by atoms with van der Waals surface area (Å²) in [4.78, 5) is 23.6. The quantitative estimate of drug-likeness (QED) is 0.519. The van der Waals surface area contributed by atoms with Crippen LogP contribution in [-0.4, -0.2) is 23.9 Å². The molecule has 4 nitrogen and oxygen atoms in total. The summed E-state index contributed by atoms with van der Waals surface area (Å²) in [5.74, 6) is -0.183. The first-order valence-electron chi connectivity index (χ1n) is 6.62. The predicted octanol–water partition coefficient (Wildman–Crippen LogP) is 3.89. The number of rotatable bonds is 3. The van der Waals surface area contributed by atoms with Gasteiger partial charge in [0.2, 0.25) is 0 Å². The molecule has 0 fully saturated rings. The minimum Gasteiger partial charge on any atom is -0.298 e. The molecular formula is C16H26O4. The minimum absolute atomic E-state index is 0.168. The molecule has 0 radical (unpaired) electrons. The van der Waals surface area contributed by atoms with Gasteiger partial charge in [-0.1, -0.05) is 58.9 Å². The van der Waals surface area contributed by atoms with Crippen molar-refractivity contribution in [3.05, 3.63) is 35.4 Å². The van der Waals surface area contributed by atoms with E-state index < -0.39 is 0 Å². The molecule has 0 aliphatic rings. The number of benzene rings is 1. The van der Waals surface area contributed by atoms with Crippen molar-refractivity contribution in [1.82, 2.24) is 0 Å². The van der Waals surface area contributed by atoms with Crippen molar-refractivity contribution in [1.29, 1.82) is 0 Å². The normalized spacial score (nSPS) is 9.55. The van der Waals surface area contributed by atoms with E-state index in [-0.39, 0.29) is 17.8 Å². The smallest absolute Gasteiger partial charge is 0.158 e. The highest BCUT2D eigenvalue weighted by Gasteiger charge is 2.12. The summed E-state index contributed by atoms with van der Waals surface area (Å²) in [5, 5.41) is 7.52. The van der Waals surface area contributed by atoms with Gasteiger partial charge in [0, 0.05) is 5.56 Å².